The summed E-state index contributed by atoms with van der Waals surface area (Å²) in [5.74, 6) is -1.25. The Morgan fingerprint density at radius 2 is 1.86 bits per heavy atom. The molecular weight excluding hydrogens is 300 g/mol. The summed E-state index contributed by atoms with van der Waals surface area (Å²) in [5, 5.41) is 14.7. The minimum Gasteiger partial charge on any atom is -0.478 e. The van der Waals surface area contributed by atoms with Crippen LogP contribution in [0.1, 0.15) is 51.7 Å². The highest BCUT2D eigenvalue weighted by Gasteiger charge is 2.30. The van der Waals surface area contributed by atoms with Gasteiger partial charge in [0.2, 0.25) is 0 Å². The molecule has 0 saturated heterocycles. The number of carboxylic acids is 1. The molecule has 6 heteroatoms. The molecule has 0 radical (unpaired) electrons. The van der Waals surface area contributed by atoms with Crippen LogP contribution in [0, 0.1) is 6.92 Å². The number of benzene rings is 1. The molecule has 0 saturated carbocycles. The van der Waals surface area contributed by atoms with Crippen LogP contribution in [0.2, 0.25) is 0 Å². The second-order valence-electron chi connectivity index (χ2n) is 5.32. The van der Waals surface area contributed by atoms with Crippen molar-refractivity contribution in [3.63, 3.8) is 0 Å². The minimum atomic E-state index is -1.01. The smallest absolute Gasteiger partial charge is 0.335 e. The van der Waals surface area contributed by atoms with Gasteiger partial charge in [-0.25, -0.2) is 9.78 Å². The lowest BCUT2D eigenvalue weighted by Gasteiger charge is -2.27. The molecule has 0 bridgehead atoms. The number of nitrogens with zero attached hydrogens (tertiary/aromatic N) is 1. The van der Waals surface area contributed by atoms with Crippen LogP contribution >= 0.6 is 11.3 Å². The first-order valence-electron chi connectivity index (χ1n) is 6.94. The van der Waals surface area contributed by atoms with E-state index < -0.39 is 11.5 Å². The number of aromatic carboxylic acids is 1. The summed E-state index contributed by atoms with van der Waals surface area (Å²) in [6.07, 6.45) is 0.707. The van der Waals surface area contributed by atoms with Gasteiger partial charge in [0.15, 0.2) is 0 Å². The molecule has 1 heterocycles. The van der Waals surface area contributed by atoms with Crippen molar-refractivity contribution in [2.75, 3.05) is 0 Å². The van der Waals surface area contributed by atoms with Crippen LogP contribution in [0.25, 0.3) is 0 Å². The van der Waals surface area contributed by atoms with E-state index in [1.54, 1.807) is 0 Å². The van der Waals surface area contributed by atoms with Gasteiger partial charge < -0.3 is 10.4 Å². The van der Waals surface area contributed by atoms with E-state index in [1.807, 2.05) is 26.2 Å². The number of thiazole rings is 1. The molecule has 1 amide bonds. The molecule has 1 atom stereocenters. The van der Waals surface area contributed by atoms with E-state index in [0.29, 0.717) is 12.0 Å². The zero-order valence-corrected chi connectivity index (χ0v) is 13.5. The summed E-state index contributed by atoms with van der Waals surface area (Å²) in [6, 6.07) is 5.88. The standard InChI is InChI=1S/C16H18N2O3S/c1-4-16(3,15-17-10(2)9-22-15)18-13(19)11-5-7-12(8-6-11)14(20)21/h5-9H,4H2,1-3H3,(H,18,19)(H,20,21). The monoisotopic (exact) mass is 318 g/mol. The topological polar surface area (TPSA) is 79.3 Å². The Morgan fingerprint density at radius 3 is 2.32 bits per heavy atom. The number of amides is 1. The first kappa shape index (κ1) is 16.2. The maximum Gasteiger partial charge on any atom is 0.335 e. The molecule has 2 rings (SSSR count). The maximum absolute atomic E-state index is 12.4. The quantitative estimate of drug-likeness (QED) is 0.887. The lowest BCUT2D eigenvalue weighted by atomic mass is 9.99. The summed E-state index contributed by atoms with van der Waals surface area (Å²) >= 11 is 1.52. The number of carbonyl (C=O) groups is 2. The first-order chi connectivity index (χ1) is 10.4. The third kappa shape index (κ3) is 3.33. The molecular formula is C16H18N2O3S. The van der Waals surface area contributed by atoms with Crippen molar-refractivity contribution in [1.29, 1.82) is 0 Å². The zero-order valence-electron chi connectivity index (χ0n) is 12.7. The van der Waals surface area contributed by atoms with Gasteiger partial charge in [0.25, 0.3) is 5.91 Å². The van der Waals surface area contributed by atoms with E-state index in [2.05, 4.69) is 10.3 Å². The van der Waals surface area contributed by atoms with E-state index in [1.165, 1.54) is 35.6 Å². The molecule has 22 heavy (non-hydrogen) atoms. The van der Waals surface area contributed by atoms with Crippen LogP contribution < -0.4 is 5.32 Å². The molecule has 1 unspecified atom stereocenters. The maximum atomic E-state index is 12.4. The van der Waals surface area contributed by atoms with Gasteiger partial charge in [0, 0.05) is 16.6 Å². The number of carbonyl (C=O) groups excluding carboxylic acids is 1. The highest BCUT2D eigenvalue weighted by molar-refractivity contribution is 7.09. The van der Waals surface area contributed by atoms with Gasteiger partial charge >= 0.3 is 5.97 Å². The second kappa shape index (κ2) is 6.27. The Balaban J connectivity index is 2.20. The summed E-state index contributed by atoms with van der Waals surface area (Å²) in [5.41, 5.74) is 0.977. The van der Waals surface area contributed by atoms with Gasteiger partial charge in [-0.05, 0) is 44.5 Å². The number of aryl methyl sites for hydroxylation is 1. The van der Waals surface area contributed by atoms with Gasteiger partial charge in [0.05, 0.1) is 11.1 Å². The van der Waals surface area contributed by atoms with Crippen LogP contribution in [0.3, 0.4) is 0 Å². The Labute approximate surface area is 133 Å². The van der Waals surface area contributed by atoms with Crippen molar-refractivity contribution >= 4 is 23.2 Å². The van der Waals surface area contributed by atoms with E-state index >= 15 is 0 Å². The van der Waals surface area contributed by atoms with Crippen molar-refractivity contribution < 1.29 is 14.7 Å². The SMILES string of the molecule is CCC(C)(NC(=O)c1ccc(C(=O)O)cc1)c1nc(C)cs1. The summed E-state index contributed by atoms with van der Waals surface area (Å²) in [6.45, 7) is 5.85. The van der Waals surface area contributed by atoms with E-state index in [0.717, 1.165) is 10.7 Å². The third-order valence-electron chi connectivity index (χ3n) is 3.58. The lowest BCUT2D eigenvalue weighted by Crippen LogP contribution is -2.43. The van der Waals surface area contributed by atoms with Gasteiger partial charge in [-0.3, -0.25) is 4.79 Å². The molecule has 0 aliphatic rings. The fourth-order valence-corrected chi connectivity index (χ4v) is 2.97. The predicted molar refractivity (Wildman–Crippen MR) is 85.4 cm³/mol. The Bertz CT molecular complexity index is 694. The molecule has 0 aliphatic heterocycles. The molecule has 0 spiro atoms. The number of nitrogens with one attached hydrogen (secondary N) is 1. The minimum absolute atomic E-state index is 0.158. The molecule has 1 aromatic carbocycles. The van der Waals surface area contributed by atoms with Gasteiger partial charge in [0.1, 0.15) is 5.01 Å². The van der Waals surface area contributed by atoms with Gasteiger partial charge in [-0.2, -0.15) is 0 Å². The fourth-order valence-electron chi connectivity index (χ4n) is 1.99. The van der Waals surface area contributed by atoms with Crippen LogP contribution in [0.15, 0.2) is 29.6 Å². The normalized spacial score (nSPS) is 13.4. The van der Waals surface area contributed by atoms with Crippen molar-refractivity contribution in [3.8, 4) is 0 Å². The number of rotatable bonds is 5. The zero-order chi connectivity index (χ0) is 16.3. The lowest BCUT2D eigenvalue weighted by molar-refractivity contribution is 0.0696. The van der Waals surface area contributed by atoms with Crippen molar-refractivity contribution in [2.45, 2.75) is 32.7 Å². The number of aromatic nitrogens is 1. The van der Waals surface area contributed by atoms with Crippen LogP contribution in [-0.2, 0) is 5.54 Å². The highest BCUT2D eigenvalue weighted by Crippen LogP contribution is 2.28. The Kier molecular flexibility index (Phi) is 4.61. The fraction of sp³-hybridized carbons (Fsp3) is 0.312. The van der Waals surface area contributed by atoms with E-state index in [4.69, 9.17) is 5.11 Å². The summed E-state index contributed by atoms with van der Waals surface area (Å²) in [4.78, 5) is 27.7. The number of carboxylic acid groups (broad SMARTS) is 1. The van der Waals surface area contributed by atoms with E-state index in [-0.39, 0.29) is 11.5 Å². The van der Waals surface area contributed by atoms with Crippen LogP contribution in [0.4, 0.5) is 0 Å². The number of hydrogen-bond donors (Lipinski definition) is 2. The predicted octanol–water partition coefficient (Wildman–Crippen LogP) is 3.20. The van der Waals surface area contributed by atoms with Crippen molar-refractivity contribution in [2.24, 2.45) is 0 Å². The number of hydrogen-bond acceptors (Lipinski definition) is 4. The van der Waals surface area contributed by atoms with Crippen LogP contribution in [0.5, 0.6) is 0 Å². The van der Waals surface area contributed by atoms with Crippen molar-refractivity contribution in [3.05, 3.63) is 51.5 Å². The Morgan fingerprint density at radius 1 is 1.27 bits per heavy atom. The molecule has 1 aromatic heterocycles. The molecule has 2 N–H and O–H groups in total. The molecule has 0 fully saturated rings. The third-order valence-corrected chi connectivity index (χ3v) is 4.81. The molecule has 5 nitrogen and oxygen atoms in total. The highest BCUT2D eigenvalue weighted by atomic mass is 32.1. The average Bonchev–Trinajstić information content (AvgIpc) is 2.94. The largest absolute Gasteiger partial charge is 0.478 e. The molecule has 0 aliphatic carbocycles. The Hall–Kier alpha value is -2.21. The second-order valence-corrected chi connectivity index (χ2v) is 6.17. The van der Waals surface area contributed by atoms with Gasteiger partial charge in [-0.1, -0.05) is 6.92 Å². The van der Waals surface area contributed by atoms with E-state index in [9.17, 15) is 9.59 Å². The average molecular weight is 318 g/mol. The van der Waals surface area contributed by atoms with Gasteiger partial charge in [-0.15, -0.1) is 11.3 Å². The first-order valence-corrected chi connectivity index (χ1v) is 7.82. The van der Waals surface area contributed by atoms with Crippen molar-refractivity contribution in [1.82, 2.24) is 10.3 Å². The van der Waals surface area contributed by atoms with Crippen LogP contribution in [-0.4, -0.2) is 22.0 Å². The summed E-state index contributed by atoms with van der Waals surface area (Å²) < 4.78 is 0. The molecule has 2 aromatic rings. The molecule has 116 valence electrons. The summed E-state index contributed by atoms with van der Waals surface area (Å²) in [7, 11) is 0.